The first-order chi connectivity index (χ1) is 9.63. The van der Waals surface area contributed by atoms with E-state index in [1.54, 1.807) is 6.20 Å². The zero-order chi connectivity index (χ0) is 13.9. The Morgan fingerprint density at radius 2 is 1.90 bits per heavy atom. The average Bonchev–Trinajstić information content (AvgIpc) is 2.47. The zero-order valence-electron chi connectivity index (χ0n) is 11.2. The van der Waals surface area contributed by atoms with Crippen LogP contribution in [0.15, 0.2) is 42.6 Å². The molecular formula is C17H15NO2. The second kappa shape index (κ2) is 3.69. The van der Waals surface area contributed by atoms with Gasteiger partial charge in [0.2, 0.25) is 0 Å². The number of hydrogen-bond acceptors (Lipinski definition) is 2. The Morgan fingerprint density at radius 3 is 2.65 bits per heavy atom. The Morgan fingerprint density at radius 1 is 1.20 bits per heavy atom. The summed E-state index contributed by atoms with van der Waals surface area (Å²) in [5.74, 6) is -0.699. The van der Waals surface area contributed by atoms with Gasteiger partial charge in [-0.25, -0.2) is 0 Å². The van der Waals surface area contributed by atoms with E-state index in [9.17, 15) is 9.90 Å². The number of hydrogen-bond donors (Lipinski definition) is 1. The second-order valence-corrected chi connectivity index (χ2v) is 6.02. The van der Waals surface area contributed by atoms with Crippen LogP contribution in [0.25, 0.3) is 0 Å². The number of carbonyl (C=O) groups is 1. The molecule has 0 saturated carbocycles. The number of carboxylic acids is 1. The highest BCUT2D eigenvalue weighted by atomic mass is 16.4. The molecule has 1 aromatic carbocycles. The lowest BCUT2D eigenvalue weighted by atomic mass is 9.54. The lowest BCUT2D eigenvalue weighted by Crippen LogP contribution is -2.45. The largest absolute Gasteiger partial charge is 0.481 e. The SMILES string of the molecule is CC1(C(=O)O)CC2c3ccccc3C1c1cccnc12. The zero-order valence-corrected chi connectivity index (χ0v) is 11.2. The number of carboxylic acid groups (broad SMARTS) is 1. The van der Waals surface area contributed by atoms with Crippen molar-refractivity contribution in [3.8, 4) is 0 Å². The summed E-state index contributed by atoms with van der Waals surface area (Å²) >= 11 is 0. The van der Waals surface area contributed by atoms with Gasteiger partial charge in [0.05, 0.1) is 11.1 Å². The van der Waals surface area contributed by atoms with Crippen LogP contribution in [0, 0.1) is 5.41 Å². The Hall–Kier alpha value is -2.16. The fraction of sp³-hybridized carbons (Fsp3) is 0.294. The number of aliphatic carboxylic acids is 1. The van der Waals surface area contributed by atoms with Gasteiger partial charge in [-0.15, -0.1) is 0 Å². The van der Waals surface area contributed by atoms with Crippen molar-refractivity contribution in [2.24, 2.45) is 5.41 Å². The lowest BCUT2D eigenvalue weighted by Gasteiger charge is -2.48. The normalized spacial score (nSPS) is 29.6. The number of aromatic nitrogens is 1. The van der Waals surface area contributed by atoms with Crippen LogP contribution in [0.2, 0.25) is 0 Å². The molecule has 3 nitrogen and oxygen atoms in total. The van der Waals surface area contributed by atoms with Crippen molar-refractivity contribution < 1.29 is 9.90 Å². The minimum absolute atomic E-state index is 0.0927. The van der Waals surface area contributed by atoms with E-state index in [2.05, 4.69) is 17.1 Å². The monoisotopic (exact) mass is 265 g/mol. The maximum absolute atomic E-state index is 11.9. The highest BCUT2D eigenvalue weighted by Gasteiger charge is 2.54. The Balaban J connectivity index is 2.05. The second-order valence-electron chi connectivity index (χ2n) is 6.02. The summed E-state index contributed by atoms with van der Waals surface area (Å²) in [5.41, 5.74) is 3.83. The van der Waals surface area contributed by atoms with E-state index in [4.69, 9.17) is 0 Å². The first-order valence-corrected chi connectivity index (χ1v) is 6.90. The highest BCUT2D eigenvalue weighted by Crippen LogP contribution is 2.60. The van der Waals surface area contributed by atoms with Gasteiger partial charge in [0.1, 0.15) is 0 Å². The van der Waals surface area contributed by atoms with Gasteiger partial charge in [0.25, 0.3) is 0 Å². The molecule has 1 aromatic heterocycles. The molecule has 0 fully saturated rings. The Labute approximate surface area is 117 Å². The fourth-order valence-electron chi connectivity index (χ4n) is 4.02. The number of fused-ring (bicyclic) bond motifs is 1. The third-order valence-electron chi connectivity index (χ3n) is 4.95. The molecule has 1 heterocycles. The van der Waals surface area contributed by atoms with Crippen LogP contribution in [0.5, 0.6) is 0 Å². The maximum Gasteiger partial charge on any atom is 0.310 e. The number of rotatable bonds is 1. The van der Waals surface area contributed by atoms with E-state index >= 15 is 0 Å². The predicted octanol–water partition coefficient (Wildman–Crippen LogP) is 3.15. The van der Waals surface area contributed by atoms with Gasteiger partial charge in [-0.05, 0) is 36.1 Å². The summed E-state index contributed by atoms with van der Waals surface area (Å²) in [5, 5.41) is 9.75. The molecule has 0 aliphatic heterocycles. The maximum atomic E-state index is 11.9. The lowest BCUT2D eigenvalue weighted by molar-refractivity contribution is -0.150. The van der Waals surface area contributed by atoms with E-state index in [0.29, 0.717) is 6.42 Å². The summed E-state index contributed by atoms with van der Waals surface area (Å²) in [4.78, 5) is 16.4. The van der Waals surface area contributed by atoms with Crippen LogP contribution in [-0.2, 0) is 4.79 Å². The molecule has 3 atom stereocenters. The summed E-state index contributed by atoms with van der Waals surface area (Å²) < 4.78 is 0. The van der Waals surface area contributed by atoms with E-state index in [-0.39, 0.29) is 11.8 Å². The fourth-order valence-corrected chi connectivity index (χ4v) is 4.02. The third kappa shape index (κ3) is 1.25. The molecule has 1 N–H and O–H groups in total. The van der Waals surface area contributed by atoms with Crippen molar-refractivity contribution in [2.45, 2.75) is 25.2 Å². The first-order valence-electron chi connectivity index (χ1n) is 6.90. The van der Waals surface area contributed by atoms with E-state index < -0.39 is 11.4 Å². The average molecular weight is 265 g/mol. The smallest absolute Gasteiger partial charge is 0.310 e. The van der Waals surface area contributed by atoms with Gasteiger partial charge in [-0.3, -0.25) is 9.78 Å². The molecule has 3 aliphatic carbocycles. The molecule has 5 rings (SSSR count). The number of nitrogens with zero attached hydrogens (tertiary/aromatic N) is 1. The molecule has 2 aromatic rings. The summed E-state index contributed by atoms with van der Waals surface area (Å²) in [6, 6.07) is 12.2. The molecule has 3 aliphatic rings. The van der Waals surface area contributed by atoms with Crippen molar-refractivity contribution in [1.29, 1.82) is 0 Å². The molecule has 0 amide bonds. The third-order valence-corrected chi connectivity index (χ3v) is 4.95. The van der Waals surface area contributed by atoms with Crippen molar-refractivity contribution in [1.82, 2.24) is 4.98 Å². The summed E-state index contributed by atoms with van der Waals surface area (Å²) in [7, 11) is 0. The van der Waals surface area contributed by atoms with Crippen LogP contribution < -0.4 is 0 Å². The molecule has 2 bridgehead atoms. The number of pyridine rings is 1. The standard InChI is InChI=1S/C17H15NO2/c1-17(16(19)20)9-13-10-5-2-3-6-11(10)14(17)12-7-4-8-18-15(12)13/h2-8,13-14H,9H2,1H3,(H,19,20). The predicted molar refractivity (Wildman–Crippen MR) is 74.7 cm³/mol. The first kappa shape index (κ1) is 11.6. The van der Waals surface area contributed by atoms with E-state index in [0.717, 1.165) is 16.8 Å². The molecule has 0 radical (unpaired) electrons. The minimum atomic E-state index is -0.741. The highest BCUT2D eigenvalue weighted by molar-refractivity contribution is 5.79. The molecule has 0 spiro atoms. The van der Waals surface area contributed by atoms with Crippen LogP contribution in [-0.4, -0.2) is 16.1 Å². The van der Waals surface area contributed by atoms with Gasteiger partial charge < -0.3 is 5.11 Å². The Bertz CT molecular complexity index is 677. The van der Waals surface area contributed by atoms with E-state index in [1.165, 1.54) is 5.56 Å². The van der Waals surface area contributed by atoms with Crippen LogP contribution in [0.1, 0.15) is 47.6 Å². The van der Waals surface area contributed by atoms with Crippen LogP contribution in [0.4, 0.5) is 0 Å². The van der Waals surface area contributed by atoms with Crippen molar-refractivity contribution in [2.75, 3.05) is 0 Å². The van der Waals surface area contributed by atoms with Gasteiger partial charge in [0.15, 0.2) is 0 Å². The van der Waals surface area contributed by atoms with Crippen molar-refractivity contribution in [3.63, 3.8) is 0 Å². The quantitative estimate of drug-likeness (QED) is 0.861. The molecule has 3 heteroatoms. The van der Waals surface area contributed by atoms with E-state index in [1.807, 2.05) is 31.2 Å². The van der Waals surface area contributed by atoms with Gasteiger partial charge in [0, 0.05) is 18.0 Å². The molecule has 20 heavy (non-hydrogen) atoms. The topological polar surface area (TPSA) is 50.2 Å². The number of benzene rings is 1. The van der Waals surface area contributed by atoms with Crippen molar-refractivity contribution >= 4 is 5.97 Å². The summed E-state index contributed by atoms with van der Waals surface area (Å²) in [6.45, 7) is 1.87. The molecule has 100 valence electrons. The van der Waals surface area contributed by atoms with Gasteiger partial charge >= 0.3 is 5.97 Å². The molecule has 0 saturated heterocycles. The molecule has 3 unspecified atom stereocenters. The Kier molecular flexibility index (Phi) is 2.15. The van der Waals surface area contributed by atoms with Crippen LogP contribution >= 0.6 is 0 Å². The molecular weight excluding hydrogens is 250 g/mol. The van der Waals surface area contributed by atoms with Crippen molar-refractivity contribution in [3.05, 3.63) is 65.0 Å². The van der Waals surface area contributed by atoms with Gasteiger partial charge in [-0.2, -0.15) is 0 Å². The minimum Gasteiger partial charge on any atom is -0.481 e. The van der Waals surface area contributed by atoms with Gasteiger partial charge in [-0.1, -0.05) is 30.3 Å². The summed E-state index contributed by atoms with van der Waals surface area (Å²) in [6.07, 6.45) is 2.44. The van der Waals surface area contributed by atoms with Crippen LogP contribution in [0.3, 0.4) is 0 Å².